The summed E-state index contributed by atoms with van der Waals surface area (Å²) in [7, 11) is -1.12. The Hall–Kier alpha value is -2.74. The van der Waals surface area contributed by atoms with E-state index in [2.05, 4.69) is 101 Å². The maximum atomic E-state index is 10.5. The molecule has 5 nitrogen and oxygen atoms in total. The fraction of sp³-hybridized carbons (Fsp3) is 0.429. The zero-order valence-corrected chi connectivity index (χ0v) is 26.2. The van der Waals surface area contributed by atoms with Crippen molar-refractivity contribution in [1.82, 2.24) is 0 Å². The molecule has 4 atom stereocenters. The second-order valence-corrected chi connectivity index (χ2v) is 16.0. The van der Waals surface area contributed by atoms with Gasteiger partial charge >= 0.3 is 0 Å². The Balaban J connectivity index is 1.63. The minimum atomic E-state index is -2.78. The number of aliphatic hydroxyl groups excluding tert-OH is 1. The van der Waals surface area contributed by atoms with Gasteiger partial charge in [0.2, 0.25) is 0 Å². The highest BCUT2D eigenvalue weighted by Gasteiger charge is 2.52. The number of methoxy groups -OCH3 is 1. The monoisotopic (exact) mass is 574 g/mol. The van der Waals surface area contributed by atoms with Crippen LogP contribution in [0.1, 0.15) is 52.5 Å². The lowest BCUT2D eigenvalue weighted by Crippen LogP contribution is -2.68. The van der Waals surface area contributed by atoms with Crippen LogP contribution in [-0.4, -0.2) is 51.6 Å². The SMILES string of the molecule is CC[C@@H]1O[C@@H](CO)[C@H](OCc2ccc(OC)cc2)C/C=C\C[C@H]1O[Si](c1ccccc1)(c1ccccc1)C(C)(C)C. The molecular formula is C35H46O5Si. The molecule has 1 heterocycles. The van der Waals surface area contributed by atoms with Crippen LogP contribution >= 0.6 is 0 Å². The molecule has 0 bridgehead atoms. The maximum Gasteiger partial charge on any atom is 0.261 e. The topological polar surface area (TPSA) is 57.2 Å². The molecule has 0 radical (unpaired) electrons. The van der Waals surface area contributed by atoms with E-state index in [9.17, 15) is 5.11 Å². The second-order valence-electron chi connectivity index (χ2n) is 11.8. The standard InChI is InChI=1S/C35H46O5Si/c1-6-31-33(40-41(35(2,3)4,29-15-9-7-10-16-29)30-17-11-8-12-18-30)20-14-13-19-32(34(25-36)39-31)38-26-27-21-23-28(37-5)24-22-27/h7-18,21-24,31-34,36H,6,19-20,25-26H2,1-5H3/b14-13-/t31-,32+,33+,34-/m0/s1. The van der Waals surface area contributed by atoms with Crippen LogP contribution in [0, 0.1) is 0 Å². The van der Waals surface area contributed by atoms with Gasteiger partial charge in [-0.15, -0.1) is 0 Å². The predicted octanol–water partition coefficient (Wildman–Crippen LogP) is 6.03. The lowest BCUT2D eigenvalue weighted by molar-refractivity contribution is -0.143. The molecule has 220 valence electrons. The Morgan fingerprint density at radius 1 is 0.805 bits per heavy atom. The highest BCUT2D eigenvalue weighted by Crippen LogP contribution is 2.39. The van der Waals surface area contributed by atoms with Gasteiger partial charge in [0.15, 0.2) is 0 Å². The van der Waals surface area contributed by atoms with E-state index in [1.165, 1.54) is 10.4 Å². The summed E-state index contributed by atoms with van der Waals surface area (Å²) in [5, 5.41) is 12.8. The van der Waals surface area contributed by atoms with E-state index in [1.54, 1.807) is 7.11 Å². The molecule has 0 aromatic heterocycles. The first-order valence-electron chi connectivity index (χ1n) is 14.8. The zero-order valence-electron chi connectivity index (χ0n) is 25.2. The summed E-state index contributed by atoms with van der Waals surface area (Å²) in [4.78, 5) is 0. The third kappa shape index (κ3) is 7.37. The largest absolute Gasteiger partial charge is 0.497 e. The lowest BCUT2D eigenvalue weighted by Gasteiger charge is -2.46. The van der Waals surface area contributed by atoms with Gasteiger partial charge in [0.1, 0.15) is 11.9 Å². The van der Waals surface area contributed by atoms with Gasteiger partial charge in [-0.25, -0.2) is 0 Å². The summed E-state index contributed by atoms with van der Waals surface area (Å²) >= 11 is 0. The number of rotatable bonds is 10. The van der Waals surface area contributed by atoms with E-state index in [-0.39, 0.29) is 30.0 Å². The summed E-state index contributed by atoms with van der Waals surface area (Å²) < 4.78 is 25.9. The predicted molar refractivity (Wildman–Crippen MR) is 168 cm³/mol. The van der Waals surface area contributed by atoms with E-state index in [1.807, 2.05) is 24.3 Å². The van der Waals surface area contributed by atoms with Gasteiger partial charge in [0.25, 0.3) is 8.32 Å². The number of hydrogen-bond donors (Lipinski definition) is 1. The van der Waals surface area contributed by atoms with Gasteiger partial charge in [0.05, 0.1) is 38.6 Å². The number of ether oxygens (including phenoxy) is 3. The molecule has 3 aromatic rings. The van der Waals surface area contributed by atoms with Crippen LogP contribution in [0.5, 0.6) is 5.75 Å². The fourth-order valence-electron chi connectivity index (χ4n) is 5.83. The van der Waals surface area contributed by atoms with E-state index in [0.717, 1.165) is 24.2 Å². The molecule has 0 fully saturated rings. The van der Waals surface area contributed by atoms with Crippen LogP contribution in [0.15, 0.2) is 97.1 Å². The van der Waals surface area contributed by atoms with Crippen molar-refractivity contribution in [1.29, 1.82) is 0 Å². The Kier molecular flexibility index (Phi) is 11.0. The number of benzene rings is 3. The molecule has 0 saturated heterocycles. The molecule has 3 aromatic carbocycles. The first kappa shape index (κ1) is 31.2. The summed E-state index contributed by atoms with van der Waals surface area (Å²) in [5.41, 5.74) is 1.05. The molecule has 0 amide bonds. The van der Waals surface area contributed by atoms with Crippen molar-refractivity contribution < 1.29 is 23.7 Å². The Labute approximate surface area is 247 Å². The Morgan fingerprint density at radius 2 is 1.37 bits per heavy atom. The van der Waals surface area contributed by atoms with E-state index >= 15 is 0 Å². The zero-order chi connectivity index (χ0) is 29.3. The molecule has 0 unspecified atom stereocenters. The van der Waals surface area contributed by atoms with Gasteiger partial charge < -0.3 is 23.7 Å². The lowest BCUT2D eigenvalue weighted by atomic mass is 10.1. The molecule has 0 spiro atoms. The summed E-state index contributed by atoms with van der Waals surface area (Å²) in [6.45, 7) is 9.34. The molecular weight excluding hydrogens is 528 g/mol. The average Bonchev–Trinajstić information content (AvgIpc) is 3.08. The molecule has 0 aliphatic carbocycles. The molecule has 6 heteroatoms. The highest BCUT2D eigenvalue weighted by atomic mass is 28.4. The molecule has 1 N–H and O–H groups in total. The van der Waals surface area contributed by atoms with E-state index in [4.69, 9.17) is 18.6 Å². The van der Waals surface area contributed by atoms with Gasteiger partial charge in [-0.1, -0.05) is 113 Å². The molecule has 4 rings (SSSR count). The Morgan fingerprint density at radius 3 is 1.85 bits per heavy atom. The minimum Gasteiger partial charge on any atom is -0.497 e. The van der Waals surface area contributed by atoms with Crippen molar-refractivity contribution in [3.8, 4) is 5.75 Å². The summed E-state index contributed by atoms with van der Waals surface area (Å²) in [6, 6.07) is 29.3. The van der Waals surface area contributed by atoms with Crippen molar-refractivity contribution in [2.75, 3.05) is 13.7 Å². The smallest absolute Gasteiger partial charge is 0.261 e. The number of aliphatic hydroxyl groups is 1. The van der Waals surface area contributed by atoms with Gasteiger partial charge in [-0.2, -0.15) is 0 Å². The van der Waals surface area contributed by atoms with Crippen LogP contribution in [0.2, 0.25) is 5.04 Å². The molecule has 1 aliphatic heterocycles. The molecule has 0 saturated carbocycles. The molecule has 41 heavy (non-hydrogen) atoms. The van der Waals surface area contributed by atoms with Gasteiger partial charge in [-0.05, 0) is 52.4 Å². The third-order valence-electron chi connectivity index (χ3n) is 8.03. The van der Waals surface area contributed by atoms with E-state index in [0.29, 0.717) is 13.0 Å². The summed E-state index contributed by atoms with van der Waals surface area (Å²) in [6.07, 6.45) is 5.38. The average molecular weight is 575 g/mol. The third-order valence-corrected chi connectivity index (χ3v) is 13.1. The normalized spacial score (nSPS) is 22.8. The van der Waals surface area contributed by atoms with Crippen molar-refractivity contribution in [3.05, 3.63) is 103 Å². The van der Waals surface area contributed by atoms with Crippen LogP contribution in [0.4, 0.5) is 0 Å². The van der Waals surface area contributed by atoms with Crippen LogP contribution in [-0.2, 0) is 20.5 Å². The van der Waals surface area contributed by atoms with Crippen molar-refractivity contribution in [2.45, 2.75) is 83.0 Å². The minimum absolute atomic E-state index is 0.121. The first-order valence-corrected chi connectivity index (χ1v) is 16.7. The highest BCUT2D eigenvalue weighted by molar-refractivity contribution is 6.99. The molecule has 1 aliphatic rings. The van der Waals surface area contributed by atoms with Gasteiger partial charge in [-0.3, -0.25) is 0 Å². The van der Waals surface area contributed by atoms with Crippen LogP contribution in [0.3, 0.4) is 0 Å². The van der Waals surface area contributed by atoms with Crippen LogP contribution in [0.25, 0.3) is 0 Å². The fourth-order valence-corrected chi connectivity index (χ4v) is 10.5. The summed E-state index contributed by atoms with van der Waals surface area (Å²) in [5.74, 6) is 0.813. The maximum absolute atomic E-state index is 10.5. The van der Waals surface area contributed by atoms with Crippen molar-refractivity contribution in [3.63, 3.8) is 0 Å². The quantitative estimate of drug-likeness (QED) is 0.237. The number of hydrogen-bond acceptors (Lipinski definition) is 5. The van der Waals surface area contributed by atoms with Crippen LogP contribution < -0.4 is 15.1 Å². The van der Waals surface area contributed by atoms with Gasteiger partial charge in [0, 0.05) is 0 Å². The Bertz CT molecular complexity index is 1170. The van der Waals surface area contributed by atoms with Crippen molar-refractivity contribution in [2.24, 2.45) is 0 Å². The van der Waals surface area contributed by atoms with E-state index < -0.39 is 14.4 Å². The second kappa shape index (κ2) is 14.4. The first-order chi connectivity index (χ1) is 19.8. The van der Waals surface area contributed by atoms with Crippen molar-refractivity contribution >= 4 is 18.7 Å².